The fourth-order valence-electron chi connectivity index (χ4n) is 7.17. The summed E-state index contributed by atoms with van der Waals surface area (Å²) >= 11 is 0. The van der Waals surface area contributed by atoms with Gasteiger partial charge < -0.3 is 10.2 Å². The van der Waals surface area contributed by atoms with Crippen LogP contribution in [0.15, 0.2) is 22.8 Å². The summed E-state index contributed by atoms with van der Waals surface area (Å²) in [6.45, 7) is 7.38. The molecule has 2 N–H and O–H groups in total. The molecule has 6 atom stereocenters. The second-order valence-electron chi connectivity index (χ2n) is 11.9. The summed E-state index contributed by atoms with van der Waals surface area (Å²) in [6, 6.07) is 0. The van der Waals surface area contributed by atoms with E-state index in [1.807, 2.05) is 0 Å². The fraction of sp³-hybridized carbons (Fsp3) is 0.852. The minimum atomic E-state index is -3.08. The van der Waals surface area contributed by atoms with Gasteiger partial charge in [-0.15, -0.1) is 0 Å². The molecule has 3 aliphatic carbocycles. The first kappa shape index (κ1) is 25.3. The maximum atomic E-state index is 14.4. The molecule has 33 heavy (non-hydrogen) atoms. The highest BCUT2D eigenvalue weighted by Crippen LogP contribution is 2.60. The van der Waals surface area contributed by atoms with Crippen molar-refractivity contribution in [3.63, 3.8) is 0 Å². The Bertz CT molecular complexity index is 783. The van der Waals surface area contributed by atoms with Crippen molar-refractivity contribution in [1.82, 2.24) is 0 Å². The molecule has 6 heteroatoms. The van der Waals surface area contributed by atoms with E-state index in [-0.39, 0.29) is 30.0 Å². The number of halogens is 2. The van der Waals surface area contributed by atoms with Gasteiger partial charge in [-0.25, -0.2) is 18.6 Å². The molecule has 188 valence electrons. The molecule has 0 saturated heterocycles. The zero-order valence-corrected chi connectivity index (χ0v) is 20.7. The number of aliphatic hydroxyl groups is 2. The van der Waals surface area contributed by atoms with Gasteiger partial charge >= 0.3 is 0 Å². The van der Waals surface area contributed by atoms with E-state index in [0.29, 0.717) is 31.3 Å². The van der Waals surface area contributed by atoms with E-state index in [1.54, 1.807) is 0 Å². The van der Waals surface area contributed by atoms with Gasteiger partial charge in [-0.1, -0.05) is 19.4 Å². The summed E-state index contributed by atoms with van der Waals surface area (Å²) in [4.78, 5) is 11.1. The standard InChI is InChI=1S/C27H42F2O4/c1-17(11-13-27(28,29)25(2,3)31)22-9-10-23-18(6-5-12-26(22,23)4)14-24-21-15-20(30)8-7-19(21)16-32-33-24/h14,17,20,22-24,30-31H,5-13,15-16H2,1-4H3/b18-14+/t17-,20+,22-,23+,24?,26-/m1/s1. The third-order valence-corrected chi connectivity index (χ3v) is 9.34. The number of allylic oxidation sites excluding steroid dienone is 1. The summed E-state index contributed by atoms with van der Waals surface area (Å²) in [5, 5.41) is 20.0. The lowest BCUT2D eigenvalue weighted by Gasteiger charge is -2.45. The summed E-state index contributed by atoms with van der Waals surface area (Å²) in [6.07, 6.45) is 9.62. The average molecular weight is 469 g/mol. The van der Waals surface area contributed by atoms with Crippen LogP contribution in [0.5, 0.6) is 0 Å². The van der Waals surface area contributed by atoms with Crippen molar-refractivity contribution in [2.24, 2.45) is 23.2 Å². The normalized spacial score (nSPS) is 37.8. The summed E-state index contributed by atoms with van der Waals surface area (Å²) < 4.78 is 28.8. The number of fused-ring (bicyclic) bond motifs is 1. The lowest BCUT2D eigenvalue weighted by atomic mass is 9.60. The van der Waals surface area contributed by atoms with Crippen LogP contribution in [-0.4, -0.2) is 40.6 Å². The Kier molecular flexibility index (Phi) is 7.14. The molecule has 4 aliphatic rings. The molecule has 1 heterocycles. The largest absolute Gasteiger partial charge is 0.393 e. The maximum absolute atomic E-state index is 14.4. The van der Waals surface area contributed by atoms with Crippen LogP contribution < -0.4 is 0 Å². The summed E-state index contributed by atoms with van der Waals surface area (Å²) in [5.41, 5.74) is 2.00. The van der Waals surface area contributed by atoms with Crippen LogP contribution in [0.4, 0.5) is 8.78 Å². The molecule has 0 aromatic heterocycles. The monoisotopic (exact) mass is 468 g/mol. The van der Waals surface area contributed by atoms with Crippen LogP contribution in [0.2, 0.25) is 0 Å². The molecule has 0 bridgehead atoms. The smallest absolute Gasteiger partial charge is 0.275 e. The molecule has 4 rings (SSSR count). The predicted octanol–water partition coefficient (Wildman–Crippen LogP) is 6.12. The van der Waals surface area contributed by atoms with Gasteiger partial charge in [0.25, 0.3) is 5.92 Å². The first-order valence-corrected chi connectivity index (χ1v) is 12.9. The number of alkyl halides is 2. The van der Waals surface area contributed by atoms with Crippen molar-refractivity contribution < 1.29 is 28.8 Å². The van der Waals surface area contributed by atoms with Gasteiger partial charge in [0.15, 0.2) is 0 Å². The minimum absolute atomic E-state index is 0.104. The average Bonchev–Trinajstić information content (AvgIpc) is 3.09. The van der Waals surface area contributed by atoms with Crippen LogP contribution in [0, 0.1) is 23.2 Å². The molecular formula is C27H42F2O4. The molecule has 2 fully saturated rings. The van der Waals surface area contributed by atoms with Crippen LogP contribution in [0.3, 0.4) is 0 Å². The Hall–Kier alpha value is -0.820. The fourth-order valence-corrected chi connectivity index (χ4v) is 7.17. The predicted molar refractivity (Wildman–Crippen MR) is 124 cm³/mol. The van der Waals surface area contributed by atoms with Crippen LogP contribution in [-0.2, 0) is 9.78 Å². The molecule has 0 spiro atoms. The first-order chi connectivity index (χ1) is 15.4. The highest BCUT2D eigenvalue weighted by atomic mass is 19.3. The van der Waals surface area contributed by atoms with Crippen LogP contribution in [0.1, 0.15) is 91.9 Å². The highest BCUT2D eigenvalue weighted by Gasteiger charge is 2.52. The van der Waals surface area contributed by atoms with Gasteiger partial charge in [0, 0.05) is 6.42 Å². The van der Waals surface area contributed by atoms with Gasteiger partial charge in [-0.3, -0.25) is 0 Å². The zero-order valence-electron chi connectivity index (χ0n) is 20.7. The zero-order chi connectivity index (χ0) is 24.0. The van der Waals surface area contributed by atoms with Crippen molar-refractivity contribution in [2.75, 3.05) is 6.61 Å². The Morgan fingerprint density at radius 2 is 1.97 bits per heavy atom. The number of hydrogen-bond acceptors (Lipinski definition) is 4. The van der Waals surface area contributed by atoms with Crippen molar-refractivity contribution in [3.8, 4) is 0 Å². The number of rotatable bonds is 6. The highest BCUT2D eigenvalue weighted by molar-refractivity contribution is 5.31. The van der Waals surface area contributed by atoms with E-state index in [0.717, 1.165) is 44.9 Å². The van der Waals surface area contributed by atoms with Crippen molar-refractivity contribution in [2.45, 2.75) is 116 Å². The summed E-state index contributed by atoms with van der Waals surface area (Å²) in [5.74, 6) is -2.05. The van der Waals surface area contributed by atoms with Crippen LogP contribution >= 0.6 is 0 Å². The molecule has 1 aliphatic heterocycles. The Morgan fingerprint density at radius 1 is 1.21 bits per heavy atom. The Balaban J connectivity index is 1.49. The second kappa shape index (κ2) is 9.33. The van der Waals surface area contributed by atoms with Gasteiger partial charge in [0.05, 0.1) is 6.10 Å². The lowest BCUT2D eigenvalue weighted by Crippen LogP contribution is -2.43. The molecule has 0 radical (unpaired) electrons. The molecule has 4 nitrogen and oxygen atoms in total. The van der Waals surface area contributed by atoms with Crippen molar-refractivity contribution in [1.29, 1.82) is 0 Å². The minimum Gasteiger partial charge on any atom is -0.393 e. The molecule has 0 aromatic carbocycles. The summed E-state index contributed by atoms with van der Waals surface area (Å²) in [7, 11) is 0. The molecule has 2 saturated carbocycles. The third-order valence-electron chi connectivity index (χ3n) is 9.34. The second-order valence-corrected chi connectivity index (χ2v) is 11.9. The van der Waals surface area contributed by atoms with E-state index in [2.05, 4.69) is 19.9 Å². The Morgan fingerprint density at radius 3 is 2.70 bits per heavy atom. The van der Waals surface area contributed by atoms with Gasteiger partial charge in [0.2, 0.25) is 0 Å². The molecule has 1 unspecified atom stereocenters. The van der Waals surface area contributed by atoms with E-state index in [1.165, 1.54) is 30.6 Å². The van der Waals surface area contributed by atoms with Gasteiger partial charge in [-0.2, -0.15) is 0 Å². The topological polar surface area (TPSA) is 58.9 Å². The Labute approximate surface area is 197 Å². The van der Waals surface area contributed by atoms with Gasteiger partial charge in [-0.05, 0) is 112 Å². The molecule has 0 amide bonds. The lowest BCUT2D eigenvalue weighted by molar-refractivity contribution is -0.310. The quantitative estimate of drug-likeness (QED) is 0.364. The van der Waals surface area contributed by atoms with E-state index < -0.39 is 11.5 Å². The number of hydrogen-bond donors (Lipinski definition) is 2. The SMILES string of the molecule is C[C@H](CCC(F)(F)C(C)(C)O)[C@H]1CC[C@H]2/C(=C/C3OOCC4=C3C[C@@H](O)CC4)CCC[C@]12C. The third kappa shape index (κ3) is 4.96. The van der Waals surface area contributed by atoms with Crippen LogP contribution in [0.25, 0.3) is 0 Å². The molecule has 0 aromatic rings. The molecular weight excluding hydrogens is 426 g/mol. The maximum Gasteiger partial charge on any atom is 0.275 e. The van der Waals surface area contributed by atoms with Crippen molar-refractivity contribution in [3.05, 3.63) is 22.8 Å². The van der Waals surface area contributed by atoms with Crippen molar-refractivity contribution >= 4 is 0 Å². The van der Waals surface area contributed by atoms with E-state index in [9.17, 15) is 19.0 Å². The van der Waals surface area contributed by atoms with E-state index in [4.69, 9.17) is 9.78 Å². The van der Waals surface area contributed by atoms with Gasteiger partial charge in [0.1, 0.15) is 18.3 Å². The number of aliphatic hydroxyl groups excluding tert-OH is 1. The first-order valence-electron chi connectivity index (χ1n) is 12.9. The van der Waals surface area contributed by atoms with E-state index >= 15 is 0 Å².